The van der Waals surface area contributed by atoms with E-state index < -0.39 is 18.0 Å². The van der Waals surface area contributed by atoms with Gasteiger partial charge >= 0.3 is 11.9 Å². The van der Waals surface area contributed by atoms with Gasteiger partial charge in [0, 0.05) is 25.0 Å². The lowest BCUT2D eigenvalue weighted by atomic mass is 9.86. The molecule has 3 rings (SSSR count). The Balaban J connectivity index is 0.000000321. The second-order valence-electron chi connectivity index (χ2n) is 6.86. The fourth-order valence-corrected chi connectivity index (χ4v) is 3.23. The van der Waals surface area contributed by atoms with E-state index in [2.05, 4.69) is 29.6 Å². The number of carbonyl (C=O) groups excluding carboxylic acids is 1. The van der Waals surface area contributed by atoms with Crippen molar-refractivity contribution in [1.82, 2.24) is 5.32 Å². The standard InChI is InChI=1S/C18H20N2O.C4H4O4/c1-13(19)17(21)20-18(16-9-3-2-4-10-16)11-14-7-5-6-8-15(14)12-18;5-3(6)1-2-4(7)8/h2-10,13H,11-12,19H2,1H3,(H,20,21);1-2H,(H,5,6)(H,7,8)/b;2-1+/t13-;/m1./s1. The zero-order valence-corrected chi connectivity index (χ0v) is 16.0. The summed E-state index contributed by atoms with van der Waals surface area (Å²) in [6, 6.07) is 18.0. The van der Waals surface area contributed by atoms with Crippen molar-refractivity contribution >= 4 is 17.8 Å². The number of carbonyl (C=O) groups is 3. The molecule has 7 heteroatoms. The van der Waals surface area contributed by atoms with Crippen LogP contribution >= 0.6 is 0 Å². The molecule has 1 atom stereocenters. The molecule has 0 bridgehead atoms. The molecule has 0 heterocycles. The summed E-state index contributed by atoms with van der Waals surface area (Å²) >= 11 is 0. The molecular formula is C22H24N2O5. The van der Waals surface area contributed by atoms with Gasteiger partial charge in [-0.05, 0) is 23.6 Å². The fourth-order valence-electron chi connectivity index (χ4n) is 3.23. The van der Waals surface area contributed by atoms with Crippen LogP contribution < -0.4 is 11.1 Å². The molecular weight excluding hydrogens is 372 g/mol. The summed E-state index contributed by atoms with van der Waals surface area (Å²) in [5.41, 5.74) is 9.09. The van der Waals surface area contributed by atoms with E-state index >= 15 is 0 Å². The van der Waals surface area contributed by atoms with E-state index in [-0.39, 0.29) is 11.4 Å². The first-order valence-electron chi connectivity index (χ1n) is 9.07. The van der Waals surface area contributed by atoms with Crippen LogP contribution in [0.5, 0.6) is 0 Å². The van der Waals surface area contributed by atoms with Crippen LogP contribution in [0.25, 0.3) is 0 Å². The molecule has 7 nitrogen and oxygen atoms in total. The lowest BCUT2D eigenvalue weighted by Crippen LogP contribution is -2.51. The summed E-state index contributed by atoms with van der Waals surface area (Å²) in [5.74, 6) is -2.62. The zero-order valence-electron chi connectivity index (χ0n) is 16.0. The van der Waals surface area contributed by atoms with Gasteiger partial charge in [-0.3, -0.25) is 4.79 Å². The highest BCUT2D eigenvalue weighted by Gasteiger charge is 2.40. The minimum atomic E-state index is -1.26. The molecule has 1 aliphatic carbocycles. The molecule has 2 aromatic carbocycles. The molecule has 0 aromatic heterocycles. The van der Waals surface area contributed by atoms with E-state index in [4.69, 9.17) is 15.9 Å². The number of hydrogen-bond donors (Lipinski definition) is 4. The van der Waals surface area contributed by atoms with Gasteiger partial charge in [-0.2, -0.15) is 0 Å². The maximum Gasteiger partial charge on any atom is 0.328 e. The first-order valence-corrected chi connectivity index (χ1v) is 9.07. The zero-order chi connectivity index (χ0) is 21.4. The van der Waals surface area contributed by atoms with Gasteiger partial charge in [0.15, 0.2) is 0 Å². The Morgan fingerprint density at radius 3 is 1.79 bits per heavy atom. The second-order valence-corrected chi connectivity index (χ2v) is 6.86. The van der Waals surface area contributed by atoms with Crippen LogP contribution in [0.4, 0.5) is 0 Å². The lowest BCUT2D eigenvalue weighted by Gasteiger charge is -2.32. The molecule has 0 aliphatic heterocycles. The largest absolute Gasteiger partial charge is 0.478 e. The van der Waals surface area contributed by atoms with Crippen molar-refractivity contribution in [2.24, 2.45) is 5.73 Å². The van der Waals surface area contributed by atoms with Crippen LogP contribution in [0.15, 0.2) is 66.7 Å². The highest BCUT2D eigenvalue weighted by Crippen LogP contribution is 2.37. The van der Waals surface area contributed by atoms with E-state index in [1.165, 1.54) is 11.1 Å². The third-order valence-corrected chi connectivity index (χ3v) is 4.57. The number of aliphatic carboxylic acids is 2. The van der Waals surface area contributed by atoms with E-state index in [1.54, 1.807) is 6.92 Å². The summed E-state index contributed by atoms with van der Waals surface area (Å²) in [4.78, 5) is 31.3. The molecule has 1 aliphatic rings. The molecule has 0 unspecified atom stereocenters. The molecule has 0 saturated heterocycles. The highest BCUT2D eigenvalue weighted by atomic mass is 16.4. The van der Waals surface area contributed by atoms with Gasteiger partial charge in [0.1, 0.15) is 0 Å². The SMILES string of the molecule is C[C@@H](N)C(=O)NC1(c2ccccc2)Cc2ccccc2C1.O=C(O)/C=C/C(=O)O. The van der Waals surface area contributed by atoms with Crippen molar-refractivity contribution in [3.63, 3.8) is 0 Å². The maximum absolute atomic E-state index is 12.2. The van der Waals surface area contributed by atoms with Crippen LogP contribution in [-0.2, 0) is 32.8 Å². The highest BCUT2D eigenvalue weighted by molar-refractivity contribution is 5.89. The van der Waals surface area contributed by atoms with Crippen molar-refractivity contribution in [3.05, 3.63) is 83.4 Å². The number of fused-ring (bicyclic) bond motifs is 1. The number of amides is 1. The van der Waals surface area contributed by atoms with Gasteiger partial charge in [0.25, 0.3) is 0 Å². The Bertz CT molecular complexity index is 865. The number of carboxylic acid groups (broad SMARTS) is 2. The Hall–Kier alpha value is -3.45. The predicted octanol–water partition coefficient (Wildman–Crippen LogP) is 1.86. The monoisotopic (exact) mass is 396 g/mol. The third kappa shape index (κ3) is 6.02. The van der Waals surface area contributed by atoms with Gasteiger partial charge in [-0.1, -0.05) is 54.6 Å². The Labute approximate surface area is 168 Å². The summed E-state index contributed by atoms with van der Waals surface area (Å²) in [6.45, 7) is 1.72. The lowest BCUT2D eigenvalue weighted by molar-refractivity contribution is -0.134. The van der Waals surface area contributed by atoms with Crippen LogP contribution in [0.1, 0.15) is 23.6 Å². The first kappa shape index (κ1) is 21.8. The number of hydrogen-bond acceptors (Lipinski definition) is 4. The molecule has 152 valence electrons. The van der Waals surface area contributed by atoms with Gasteiger partial charge < -0.3 is 21.3 Å². The van der Waals surface area contributed by atoms with Gasteiger partial charge in [-0.15, -0.1) is 0 Å². The van der Waals surface area contributed by atoms with Gasteiger partial charge in [0.2, 0.25) is 5.91 Å². The smallest absolute Gasteiger partial charge is 0.328 e. The van der Waals surface area contributed by atoms with Crippen LogP contribution in [0.3, 0.4) is 0 Å². The molecule has 0 saturated carbocycles. The topological polar surface area (TPSA) is 130 Å². The number of nitrogens with two attached hydrogens (primary N) is 1. The van der Waals surface area contributed by atoms with Gasteiger partial charge in [-0.25, -0.2) is 9.59 Å². The Morgan fingerprint density at radius 1 is 0.931 bits per heavy atom. The van der Waals surface area contributed by atoms with Crippen molar-refractivity contribution in [2.75, 3.05) is 0 Å². The summed E-state index contributed by atoms with van der Waals surface area (Å²) < 4.78 is 0. The van der Waals surface area contributed by atoms with Crippen LogP contribution in [0, 0.1) is 0 Å². The maximum atomic E-state index is 12.2. The van der Waals surface area contributed by atoms with E-state index in [0.29, 0.717) is 12.2 Å². The molecule has 2 aromatic rings. The minimum Gasteiger partial charge on any atom is -0.478 e. The average molecular weight is 396 g/mol. The fraction of sp³-hybridized carbons (Fsp3) is 0.227. The molecule has 0 spiro atoms. The molecule has 29 heavy (non-hydrogen) atoms. The second kappa shape index (κ2) is 9.66. The summed E-state index contributed by atoms with van der Waals surface area (Å²) in [7, 11) is 0. The summed E-state index contributed by atoms with van der Waals surface area (Å²) in [5, 5.41) is 18.8. The Morgan fingerprint density at radius 2 is 1.38 bits per heavy atom. The average Bonchev–Trinajstić information content (AvgIpc) is 3.06. The normalized spacial score (nSPS) is 15.0. The quantitative estimate of drug-likeness (QED) is 0.571. The van der Waals surface area contributed by atoms with Crippen LogP contribution in [-0.4, -0.2) is 34.1 Å². The predicted molar refractivity (Wildman–Crippen MR) is 108 cm³/mol. The van der Waals surface area contributed by atoms with E-state index in [0.717, 1.165) is 18.4 Å². The molecule has 1 amide bonds. The molecule has 0 radical (unpaired) electrons. The number of nitrogens with one attached hydrogen (secondary N) is 1. The number of carboxylic acids is 2. The van der Waals surface area contributed by atoms with Crippen LogP contribution in [0.2, 0.25) is 0 Å². The third-order valence-electron chi connectivity index (χ3n) is 4.57. The van der Waals surface area contributed by atoms with Gasteiger partial charge in [0.05, 0.1) is 11.6 Å². The molecule has 5 N–H and O–H groups in total. The first-order chi connectivity index (χ1) is 13.7. The Kier molecular flexibility index (Phi) is 7.27. The number of benzene rings is 2. The minimum absolute atomic E-state index is 0.105. The van der Waals surface area contributed by atoms with Crippen molar-refractivity contribution in [3.8, 4) is 0 Å². The van der Waals surface area contributed by atoms with Crippen molar-refractivity contribution in [1.29, 1.82) is 0 Å². The van der Waals surface area contributed by atoms with E-state index in [1.807, 2.05) is 30.3 Å². The summed E-state index contributed by atoms with van der Waals surface area (Å²) in [6.07, 6.45) is 2.74. The van der Waals surface area contributed by atoms with Crippen molar-refractivity contribution < 1.29 is 24.6 Å². The molecule has 0 fully saturated rings. The van der Waals surface area contributed by atoms with Crippen molar-refractivity contribution in [2.45, 2.75) is 31.3 Å². The van der Waals surface area contributed by atoms with E-state index in [9.17, 15) is 14.4 Å². The number of rotatable bonds is 5.